The van der Waals surface area contributed by atoms with Crippen LogP contribution in [0, 0.1) is 0 Å². The molecule has 1 aliphatic rings. The fraction of sp³-hybridized carbons (Fsp3) is 0.188. The number of rotatable bonds is 11. The van der Waals surface area contributed by atoms with Crippen molar-refractivity contribution in [2.24, 2.45) is 0 Å². The number of carbonyl (C=O) groups excluding carboxylic acids is 1. The first-order valence-corrected chi connectivity index (χ1v) is 16.8. The smallest absolute Gasteiger partial charge is 0.326 e. The first-order valence-electron chi connectivity index (χ1n) is 13.8. The molecule has 1 aliphatic heterocycles. The van der Waals surface area contributed by atoms with E-state index in [1.54, 1.807) is 66.7 Å². The van der Waals surface area contributed by atoms with E-state index in [-0.39, 0.29) is 17.2 Å². The number of hydrogen-bond donors (Lipinski definition) is 3. The van der Waals surface area contributed by atoms with Gasteiger partial charge in [0.2, 0.25) is 5.91 Å². The summed E-state index contributed by atoms with van der Waals surface area (Å²) in [5, 5.41) is 13.5. The Morgan fingerprint density at radius 1 is 0.909 bits per heavy atom. The molecule has 1 amide bonds. The highest BCUT2D eigenvalue weighted by Crippen LogP contribution is 2.34. The molecule has 0 spiro atoms. The first kappa shape index (κ1) is 31.9. The van der Waals surface area contributed by atoms with Gasteiger partial charge in [-0.1, -0.05) is 77.8 Å². The van der Waals surface area contributed by atoms with Gasteiger partial charge in [-0.3, -0.25) is 9.52 Å². The molecule has 228 valence electrons. The van der Waals surface area contributed by atoms with E-state index in [9.17, 15) is 23.1 Å². The lowest BCUT2D eigenvalue weighted by Crippen LogP contribution is -2.49. The lowest BCUT2D eigenvalue weighted by Gasteiger charge is -2.24. The van der Waals surface area contributed by atoms with Gasteiger partial charge in [0, 0.05) is 33.6 Å². The Bertz CT molecular complexity index is 1720. The normalized spacial score (nSPS) is 15.9. The standard InChI is InChI=1S/C32H29Cl2N3O5S2/c33-24-18-25(34)20-27(19-24)43-37-16-4-7-30(37)31(38)35-29(32(39)40)17-21-8-12-26(13-9-21)36-44(41,42)28-14-10-23(11-15-28)22-5-2-1-3-6-22/h1-3,5-6,8-15,18-20,29-30,36H,4,7,16-17H2,(H,35,38)(H,39,40)/t29-,30-/m0/s1. The van der Waals surface area contributed by atoms with E-state index in [0.29, 0.717) is 34.3 Å². The molecule has 0 radical (unpaired) electrons. The number of halogens is 2. The topological polar surface area (TPSA) is 116 Å². The van der Waals surface area contributed by atoms with Gasteiger partial charge < -0.3 is 10.4 Å². The van der Waals surface area contributed by atoms with Gasteiger partial charge in [0.15, 0.2) is 0 Å². The molecule has 1 heterocycles. The van der Waals surface area contributed by atoms with Crippen LogP contribution in [0.15, 0.2) is 107 Å². The molecule has 0 unspecified atom stereocenters. The summed E-state index contributed by atoms with van der Waals surface area (Å²) >= 11 is 13.6. The number of amides is 1. The van der Waals surface area contributed by atoms with Gasteiger partial charge in [-0.2, -0.15) is 0 Å². The van der Waals surface area contributed by atoms with E-state index in [1.165, 1.54) is 11.9 Å². The van der Waals surface area contributed by atoms with Crippen LogP contribution in [-0.2, 0) is 26.0 Å². The monoisotopic (exact) mass is 669 g/mol. The number of carboxylic acid groups (broad SMARTS) is 1. The lowest BCUT2D eigenvalue weighted by atomic mass is 10.0. The van der Waals surface area contributed by atoms with Gasteiger partial charge in [-0.15, -0.1) is 0 Å². The van der Waals surface area contributed by atoms with Crippen molar-refractivity contribution in [1.29, 1.82) is 0 Å². The molecular formula is C32H29Cl2N3O5S2. The molecule has 0 bridgehead atoms. The van der Waals surface area contributed by atoms with E-state index in [4.69, 9.17) is 23.2 Å². The van der Waals surface area contributed by atoms with Crippen LogP contribution in [0.2, 0.25) is 10.0 Å². The first-order chi connectivity index (χ1) is 21.1. The van der Waals surface area contributed by atoms with Crippen molar-refractivity contribution in [3.63, 3.8) is 0 Å². The fourth-order valence-electron chi connectivity index (χ4n) is 4.91. The number of nitrogens with zero attached hydrogens (tertiary/aromatic N) is 1. The molecule has 0 saturated carbocycles. The van der Waals surface area contributed by atoms with Crippen LogP contribution in [0.1, 0.15) is 18.4 Å². The molecule has 0 aliphatic carbocycles. The van der Waals surface area contributed by atoms with Gasteiger partial charge in [0.25, 0.3) is 10.0 Å². The maximum atomic E-state index is 13.2. The Labute approximate surface area is 270 Å². The van der Waals surface area contributed by atoms with Crippen molar-refractivity contribution in [3.05, 3.63) is 113 Å². The molecule has 5 rings (SSSR count). The van der Waals surface area contributed by atoms with Crippen LogP contribution in [0.25, 0.3) is 11.1 Å². The average Bonchev–Trinajstić information content (AvgIpc) is 3.45. The van der Waals surface area contributed by atoms with Crippen molar-refractivity contribution in [1.82, 2.24) is 9.62 Å². The summed E-state index contributed by atoms with van der Waals surface area (Å²) in [4.78, 5) is 26.2. The zero-order valence-electron chi connectivity index (χ0n) is 23.3. The van der Waals surface area contributed by atoms with Gasteiger partial charge >= 0.3 is 5.97 Å². The second-order valence-corrected chi connectivity index (χ2v) is 14.0. The van der Waals surface area contributed by atoms with Gasteiger partial charge in [0.05, 0.1) is 10.9 Å². The van der Waals surface area contributed by atoms with Crippen molar-refractivity contribution in [3.8, 4) is 11.1 Å². The van der Waals surface area contributed by atoms with Crippen LogP contribution in [0.5, 0.6) is 0 Å². The molecule has 8 nitrogen and oxygen atoms in total. The highest BCUT2D eigenvalue weighted by molar-refractivity contribution is 7.97. The van der Waals surface area contributed by atoms with E-state index in [0.717, 1.165) is 22.4 Å². The third-order valence-corrected chi connectivity index (χ3v) is 10.0. The number of nitrogens with one attached hydrogen (secondary N) is 2. The molecule has 4 aromatic carbocycles. The summed E-state index contributed by atoms with van der Waals surface area (Å²) in [6.07, 6.45) is 1.40. The number of carboxylic acids is 1. The Balaban J connectivity index is 1.20. The maximum Gasteiger partial charge on any atom is 0.326 e. The Morgan fingerprint density at radius 3 is 2.18 bits per heavy atom. The number of carbonyl (C=O) groups is 2. The number of hydrogen-bond acceptors (Lipinski definition) is 6. The largest absolute Gasteiger partial charge is 0.480 e. The Kier molecular flexibility index (Phi) is 10.2. The maximum absolute atomic E-state index is 13.2. The zero-order valence-corrected chi connectivity index (χ0v) is 26.5. The molecule has 2 atom stereocenters. The van der Waals surface area contributed by atoms with Crippen molar-refractivity contribution >= 4 is 62.7 Å². The van der Waals surface area contributed by atoms with Gasteiger partial charge in [-0.05, 0) is 83.9 Å². The van der Waals surface area contributed by atoms with Crippen molar-refractivity contribution in [2.75, 3.05) is 11.3 Å². The zero-order chi connectivity index (χ0) is 31.3. The third kappa shape index (κ3) is 8.13. The molecule has 1 saturated heterocycles. The van der Waals surface area contributed by atoms with E-state index < -0.39 is 28.1 Å². The second-order valence-electron chi connectivity index (χ2n) is 10.3. The summed E-state index contributed by atoms with van der Waals surface area (Å²) in [6.45, 7) is 0.652. The fourth-order valence-corrected chi connectivity index (χ4v) is 7.80. The van der Waals surface area contributed by atoms with Crippen LogP contribution < -0.4 is 10.0 Å². The van der Waals surface area contributed by atoms with Crippen LogP contribution in [0.3, 0.4) is 0 Å². The Morgan fingerprint density at radius 2 is 1.55 bits per heavy atom. The second kappa shape index (κ2) is 14.0. The number of anilines is 1. The minimum atomic E-state index is -3.84. The van der Waals surface area contributed by atoms with Crippen LogP contribution >= 0.6 is 35.1 Å². The number of aliphatic carboxylic acids is 1. The summed E-state index contributed by atoms with van der Waals surface area (Å²) in [5.74, 6) is -1.54. The van der Waals surface area contributed by atoms with Crippen LogP contribution in [-0.4, -0.2) is 48.3 Å². The summed E-state index contributed by atoms with van der Waals surface area (Å²) in [7, 11) is -3.84. The quantitative estimate of drug-likeness (QED) is 0.151. The molecule has 4 aromatic rings. The molecule has 0 aromatic heterocycles. The molecule has 3 N–H and O–H groups in total. The summed E-state index contributed by atoms with van der Waals surface area (Å²) in [6, 6.07) is 26.1. The highest BCUT2D eigenvalue weighted by atomic mass is 35.5. The molecule has 1 fully saturated rings. The lowest BCUT2D eigenvalue weighted by molar-refractivity contribution is -0.142. The third-order valence-electron chi connectivity index (χ3n) is 7.10. The van der Waals surface area contributed by atoms with E-state index in [2.05, 4.69) is 10.0 Å². The van der Waals surface area contributed by atoms with E-state index in [1.807, 2.05) is 34.6 Å². The molecule has 12 heteroatoms. The molecule has 44 heavy (non-hydrogen) atoms. The van der Waals surface area contributed by atoms with Gasteiger partial charge in [0.1, 0.15) is 6.04 Å². The highest BCUT2D eigenvalue weighted by Gasteiger charge is 2.34. The number of sulfonamides is 1. The predicted molar refractivity (Wildman–Crippen MR) is 174 cm³/mol. The SMILES string of the molecule is O=C(O)[C@H](Cc1ccc(NS(=O)(=O)c2ccc(-c3ccccc3)cc2)cc1)NC(=O)[C@@H]1CCCN1Sc1cc(Cl)cc(Cl)c1. The predicted octanol–water partition coefficient (Wildman–Crippen LogP) is 6.74. The van der Waals surface area contributed by atoms with Gasteiger partial charge in [-0.25, -0.2) is 17.5 Å². The van der Waals surface area contributed by atoms with Crippen molar-refractivity contribution in [2.45, 2.75) is 41.1 Å². The molecular weight excluding hydrogens is 641 g/mol. The van der Waals surface area contributed by atoms with Crippen molar-refractivity contribution < 1.29 is 23.1 Å². The summed E-state index contributed by atoms with van der Waals surface area (Å²) < 4.78 is 30.4. The number of benzene rings is 4. The Hall–Kier alpha value is -3.54. The minimum absolute atomic E-state index is 0.0266. The van der Waals surface area contributed by atoms with Crippen LogP contribution in [0.4, 0.5) is 5.69 Å². The minimum Gasteiger partial charge on any atom is -0.480 e. The summed E-state index contributed by atoms with van der Waals surface area (Å²) in [5.41, 5.74) is 2.84. The average molecular weight is 671 g/mol. The van der Waals surface area contributed by atoms with E-state index >= 15 is 0 Å².